The summed E-state index contributed by atoms with van der Waals surface area (Å²) >= 11 is 0. The highest BCUT2D eigenvalue weighted by atomic mass is 19.3. The van der Waals surface area contributed by atoms with Gasteiger partial charge in [0, 0.05) is 32.0 Å². The monoisotopic (exact) mass is 361 g/mol. The zero-order chi connectivity index (χ0) is 18.1. The highest BCUT2D eigenvalue weighted by Crippen LogP contribution is 2.23. The van der Waals surface area contributed by atoms with Crippen LogP contribution >= 0.6 is 0 Å². The zero-order valence-electron chi connectivity index (χ0n) is 13.8. The van der Waals surface area contributed by atoms with Crippen LogP contribution in [0.5, 0.6) is 0 Å². The Labute approximate surface area is 147 Å². The number of morpholine rings is 1. The Hall–Kier alpha value is -2.72. The zero-order valence-corrected chi connectivity index (χ0v) is 13.8. The average molecular weight is 361 g/mol. The van der Waals surface area contributed by atoms with Crippen LogP contribution in [0.3, 0.4) is 0 Å². The minimum absolute atomic E-state index is 0.0439. The van der Waals surface area contributed by atoms with Gasteiger partial charge in [-0.05, 0) is 6.07 Å². The maximum Gasteiger partial charge on any atom is 0.281 e. The number of hydrogen-bond donors (Lipinski definition) is 1. The molecule has 0 aliphatic carbocycles. The number of nitrogens with zero attached hydrogens (tertiary/aromatic N) is 6. The van der Waals surface area contributed by atoms with Crippen LogP contribution in [0, 0.1) is 0 Å². The second-order valence-corrected chi connectivity index (χ2v) is 5.90. The first-order chi connectivity index (χ1) is 12.7. The second kappa shape index (κ2) is 6.89. The number of ether oxygens (including phenoxy) is 1. The molecule has 4 rings (SSSR count). The highest BCUT2D eigenvalue weighted by Gasteiger charge is 2.21. The molecule has 2 N–H and O–H groups in total. The molecule has 26 heavy (non-hydrogen) atoms. The number of hydrogen-bond acceptors (Lipinski definition) is 7. The molecule has 136 valence electrons. The first kappa shape index (κ1) is 16.7. The fraction of sp³-hybridized carbons (Fsp3) is 0.375. The lowest BCUT2D eigenvalue weighted by Crippen LogP contribution is -2.46. The van der Waals surface area contributed by atoms with Gasteiger partial charge in [-0.2, -0.15) is 0 Å². The molecule has 10 heteroatoms. The van der Waals surface area contributed by atoms with Crippen molar-refractivity contribution in [3.63, 3.8) is 0 Å². The predicted molar refractivity (Wildman–Crippen MR) is 90.0 cm³/mol. The Balaban J connectivity index is 1.70. The average Bonchev–Trinajstić information content (AvgIpc) is 3.11. The Morgan fingerprint density at radius 3 is 2.96 bits per heavy atom. The molecule has 8 nitrogen and oxygen atoms in total. The van der Waals surface area contributed by atoms with E-state index in [4.69, 9.17) is 10.5 Å². The van der Waals surface area contributed by atoms with Gasteiger partial charge in [-0.3, -0.25) is 4.40 Å². The molecule has 0 aromatic carbocycles. The molecule has 1 saturated heterocycles. The first-order valence-corrected chi connectivity index (χ1v) is 8.17. The number of nitrogens with two attached hydrogens (primary N) is 1. The first-order valence-electron chi connectivity index (χ1n) is 8.17. The number of rotatable bonds is 4. The molecule has 3 aromatic rings. The van der Waals surface area contributed by atoms with Gasteiger partial charge in [-0.15, -0.1) is 0 Å². The van der Waals surface area contributed by atoms with Crippen molar-refractivity contribution < 1.29 is 13.5 Å². The summed E-state index contributed by atoms with van der Waals surface area (Å²) in [6.07, 6.45) is 3.05. The maximum atomic E-state index is 13.0. The molecule has 0 unspecified atom stereocenters. The van der Waals surface area contributed by atoms with Crippen molar-refractivity contribution in [2.45, 2.75) is 12.5 Å². The van der Waals surface area contributed by atoms with E-state index in [0.29, 0.717) is 43.4 Å². The fourth-order valence-electron chi connectivity index (χ4n) is 2.90. The van der Waals surface area contributed by atoms with Crippen LogP contribution in [0.15, 0.2) is 30.9 Å². The van der Waals surface area contributed by atoms with Crippen molar-refractivity contribution in [2.24, 2.45) is 5.73 Å². The van der Waals surface area contributed by atoms with E-state index in [0.717, 1.165) is 5.82 Å². The minimum Gasteiger partial charge on any atom is -0.373 e. The SMILES string of the molecule is NC[C@@H]1CN(c2ccnc(-c3cnc4cnc(C(F)F)cn34)n2)CCO1. The molecule has 4 heterocycles. The van der Waals surface area contributed by atoms with Crippen LogP contribution in [-0.4, -0.2) is 56.7 Å². The lowest BCUT2D eigenvalue weighted by molar-refractivity contribution is 0.0463. The summed E-state index contributed by atoms with van der Waals surface area (Å²) < 4.78 is 33.0. The maximum absolute atomic E-state index is 13.0. The summed E-state index contributed by atoms with van der Waals surface area (Å²) in [5.41, 5.74) is 6.34. The van der Waals surface area contributed by atoms with Crippen LogP contribution in [-0.2, 0) is 4.74 Å². The van der Waals surface area contributed by atoms with Gasteiger partial charge < -0.3 is 15.4 Å². The van der Waals surface area contributed by atoms with Crippen LogP contribution in [0.1, 0.15) is 12.1 Å². The molecule has 0 radical (unpaired) electrons. The number of imidazole rings is 1. The van der Waals surface area contributed by atoms with E-state index in [2.05, 4.69) is 24.8 Å². The third-order valence-corrected chi connectivity index (χ3v) is 4.24. The van der Waals surface area contributed by atoms with E-state index < -0.39 is 6.43 Å². The normalized spacial score (nSPS) is 18.0. The van der Waals surface area contributed by atoms with Gasteiger partial charge in [0.1, 0.15) is 17.2 Å². The summed E-state index contributed by atoms with van der Waals surface area (Å²) in [5, 5.41) is 0. The molecule has 0 bridgehead atoms. The summed E-state index contributed by atoms with van der Waals surface area (Å²) in [4.78, 5) is 18.8. The van der Waals surface area contributed by atoms with Crippen molar-refractivity contribution in [3.8, 4) is 11.5 Å². The molecule has 0 saturated carbocycles. The largest absolute Gasteiger partial charge is 0.373 e. The molecule has 1 aliphatic rings. The number of halogens is 2. The number of alkyl halides is 2. The van der Waals surface area contributed by atoms with Gasteiger partial charge in [0.25, 0.3) is 6.43 Å². The van der Waals surface area contributed by atoms with Crippen LogP contribution in [0.2, 0.25) is 0 Å². The van der Waals surface area contributed by atoms with Crippen LogP contribution < -0.4 is 10.6 Å². The molecule has 0 amide bonds. The van der Waals surface area contributed by atoms with Crippen molar-refractivity contribution in [2.75, 3.05) is 31.1 Å². The van der Waals surface area contributed by atoms with Gasteiger partial charge in [0.15, 0.2) is 11.5 Å². The van der Waals surface area contributed by atoms with Gasteiger partial charge in [0.05, 0.1) is 25.1 Å². The number of anilines is 1. The molecule has 0 spiro atoms. The lowest BCUT2D eigenvalue weighted by Gasteiger charge is -2.33. The lowest BCUT2D eigenvalue weighted by atomic mass is 10.2. The van der Waals surface area contributed by atoms with E-state index >= 15 is 0 Å². The highest BCUT2D eigenvalue weighted by molar-refractivity contribution is 5.58. The van der Waals surface area contributed by atoms with Gasteiger partial charge in [-0.25, -0.2) is 28.7 Å². The van der Waals surface area contributed by atoms with Crippen molar-refractivity contribution >= 4 is 11.5 Å². The van der Waals surface area contributed by atoms with E-state index in [1.54, 1.807) is 18.5 Å². The summed E-state index contributed by atoms with van der Waals surface area (Å²) in [6, 6.07) is 1.80. The Morgan fingerprint density at radius 2 is 2.15 bits per heavy atom. The van der Waals surface area contributed by atoms with Crippen LogP contribution in [0.4, 0.5) is 14.6 Å². The second-order valence-electron chi connectivity index (χ2n) is 5.90. The van der Waals surface area contributed by atoms with Gasteiger partial charge in [0.2, 0.25) is 0 Å². The summed E-state index contributed by atoms with van der Waals surface area (Å²) in [7, 11) is 0. The van der Waals surface area contributed by atoms with Gasteiger partial charge >= 0.3 is 0 Å². The van der Waals surface area contributed by atoms with E-state index in [-0.39, 0.29) is 11.8 Å². The summed E-state index contributed by atoms with van der Waals surface area (Å²) in [6.45, 7) is 2.34. The number of aromatic nitrogens is 5. The molecule has 1 fully saturated rings. The van der Waals surface area contributed by atoms with E-state index in [9.17, 15) is 8.78 Å². The third-order valence-electron chi connectivity index (χ3n) is 4.24. The predicted octanol–water partition coefficient (Wildman–Crippen LogP) is 1.29. The minimum atomic E-state index is -2.66. The van der Waals surface area contributed by atoms with Crippen molar-refractivity contribution in [3.05, 3.63) is 36.5 Å². The van der Waals surface area contributed by atoms with Crippen molar-refractivity contribution in [1.29, 1.82) is 0 Å². The van der Waals surface area contributed by atoms with E-state index in [1.165, 1.54) is 16.8 Å². The Kier molecular flexibility index (Phi) is 4.43. The summed E-state index contributed by atoms with van der Waals surface area (Å²) in [5.74, 6) is 1.13. The molecule has 1 aliphatic heterocycles. The fourth-order valence-corrected chi connectivity index (χ4v) is 2.90. The molecule has 3 aromatic heterocycles. The topological polar surface area (TPSA) is 94.5 Å². The Morgan fingerprint density at radius 1 is 1.27 bits per heavy atom. The molecular weight excluding hydrogens is 344 g/mol. The molecule has 1 atom stereocenters. The third kappa shape index (κ3) is 3.08. The molecular formula is C16H17F2N7O. The van der Waals surface area contributed by atoms with E-state index in [1.807, 2.05) is 0 Å². The smallest absolute Gasteiger partial charge is 0.281 e. The number of fused-ring (bicyclic) bond motifs is 1. The van der Waals surface area contributed by atoms with Gasteiger partial charge in [-0.1, -0.05) is 0 Å². The quantitative estimate of drug-likeness (QED) is 0.748. The standard InChI is InChI=1S/C16H17F2N7O/c17-15(18)11-9-25-12(6-22-14(25)7-21-11)16-20-2-1-13(23-16)24-3-4-26-10(5-19)8-24/h1-2,6-7,9-10,15H,3-5,8,19H2/t10-/m1/s1. The Bertz CT molecular complexity index is 917. The van der Waals surface area contributed by atoms with Crippen molar-refractivity contribution in [1.82, 2.24) is 24.3 Å². The van der Waals surface area contributed by atoms with Crippen LogP contribution in [0.25, 0.3) is 17.2 Å².